The number of carbonyl (C=O) groups excluding carboxylic acids is 1. The van der Waals surface area contributed by atoms with E-state index in [9.17, 15) is 4.79 Å². The predicted molar refractivity (Wildman–Crippen MR) is 108 cm³/mol. The van der Waals surface area contributed by atoms with Crippen LogP contribution in [0.25, 0.3) is 10.2 Å². The van der Waals surface area contributed by atoms with Gasteiger partial charge in [0.15, 0.2) is 5.13 Å². The number of anilines is 1. The highest BCUT2D eigenvalue weighted by Gasteiger charge is 2.27. The molecule has 0 saturated carbocycles. The third-order valence-corrected chi connectivity index (χ3v) is 5.83. The molecule has 4 rings (SSSR count). The van der Waals surface area contributed by atoms with E-state index in [0.717, 1.165) is 41.0 Å². The Labute approximate surface area is 162 Å². The molecule has 2 heterocycles. The first-order valence-corrected chi connectivity index (χ1v) is 9.90. The minimum atomic E-state index is -0.0449. The number of ether oxygens (including phenoxy) is 2. The SMILES string of the molecule is COc1ccc2sc(N(CC3CCCO3)C(=O)c3ccc(C)cc3)nc2c1. The average Bonchev–Trinajstić information content (AvgIpc) is 3.34. The fraction of sp³-hybridized carbons (Fsp3) is 0.333. The molecule has 6 heteroatoms. The lowest BCUT2D eigenvalue weighted by Crippen LogP contribution is -2.37. The third-order valence-electron chi connectivity index (χ3n) is 4.77. The Kier molecular flexibility index (Phi) is 5.09. The van der Waals surface area contributed by atoms with Gasteiger partial charge in [-0.2, -0.15) is 0 Å². The highest BCUT2D eigenvalue weighted by Crippen LogP contribution is 2.32. The highest BCUT2D eigenvalue weighted by molar-refractivity contribution is 7.22. The first kappa shape index (κ1) is 17.9. The maximum atomic E-state index is 13.3. The molecule has 1 aliphatic heterocycles. The van der Waals surface area contributed by atoms with Crippen LogP contribution in [0.4, 0.5) is 5.13 Å². The Morgan fingerprint density at radius 3 is 2.81 bits per heavy atom. The van der Waals surface area contributed by atoms with Gasteiger partial charge in [0.2, 0.25) is 0 Å². The van der Waals surface area contributed by atoms with Crippen molar-refractivity contribution in [3.8, 4) is 5.75 Å². The molecule has 1 aliphatic rings. The van der Waals surface area contributed by atoms with Crippen molar-refractivity contribution in [1.82, 2.24) is 4.98 Å². The summed E-state index contributed by atoms with van der Waals surface area (Å²) in [6.07, 6.45) is 2.06. The van der Waals surface area contributed by atoms with Crippen LogP contribution in [-0.2, 0) is 4.74 Å². The van der Waals surface area contributed by atoms with Crippen LogP contribution in [0.5, 0.6) is 5.75 Å². The highest BCUT2D eigenvalue weighted by atomic mass is 32.1. The molecule has 2 aromatic carbocycles. The molecule has 1 unspecified atom stereocenters. The van der Waals surface area contributed by atoms with Crippen LogP contribution in [0.15, 0.2) is 42.5 Å². The van der Waals surface area contributed by atoms with Crippen molar-refractivity contribution < 1.29 is 14.3 Å². The van der Waals surface area contributed by atoms with Crippen LogP contribution < -0.4 is 9.64 Å². The molecule has 27 heavy (non-hydrogen) atoms. The number of methoxy groups -OCH3 is 1. The molecule has 140 valence electrons. The average molecular weight is 382 g/mol. The molecule has 0 aliphatic carbocycles. The zero-order chi connectivity index (χ0) is 18.8. The van der Waals surface area contributed by atoms with E-state index in [4.69, 9.17) is 14.5 Å². The van der Waals surface area contributed by atoms with Crippen molar-refractivity contribution in [2.24, 2.45) is 0 Å². The van der Waals surface area contributed by atoms with Crippen molar-refractivity contribution in [2.75, 3.05) is 25.2 Å². The van der Waals surface area contributed by atoms with Crippen LogP contribution in [0.1, 0.15) is 28.8 Å². The third kappa shape index (κ3) is 3.82. The molecule has 0 N–H and O–H groups in total. The molecule has 1 saturated heterocycles. The van der Waals surface area contributed by atoms with E-state index >= 15 is 0 Å². The number of carbonyl (C=O) groups is 1. The maximum Gasteiger partial charge on any atom is 0.260 e. The number of rotatable bonds is 5. The summed E-state index contributed by atoms with van der Waals surface area (Å²) in [6, 6.07) is 13.5. The van der Waals surface area contributed by atoms with Gasteiger partial charge in [0.1, 0.15) is 5.75 Å². The largest absolute Gasteiger partial charge is 0.497 e. The van der Waals surface area contributed by atoms with E-state index in [2.05, 4.69) is 0 Å². The zero-order valence-corrected chi connectivity index (χ0v) is 16.3. The second-order valence-electron chi connectivity index (χ2n) is 6.75. The smallest absolute Gasteiger partial charge is 0.260 e. The molecule has 1 aromatic heterocycles. The fourth-order valence-corrected chi connectivity index (χ4v) is 4.18. The number of aryl methyl sites for hydroxylation is 1. The van der Waals surface area contributed by atoms with Crippen molar-refractivity contribution in [3.63, 3.8) is 0 Å². The van der Waals surface area contributed by atoms with Gasteiger partial charge in [-0.05, 0) is 44.0 Å². The summed E-state index contributed by atoms with van der Waals surface area (Å²) < 4.78 is 12.1. The molecule has 1 atom stereocenters. The second kappa shape index (κ2) is 7.66. The minimum Gasteiger partial charge on any atom is -0.497 e. The summed E-state index contributed by atoms with van der Waals surface area (Å²) in [5.41, 5.74) is 2.63. The number of aromatic nitrogens is 1. The standard InChI is InChI=1S/C21H22N2O3S/c1-14-5-7-15(8-6-14)20(24)23(13-17-4-3-11-26-17)21-22-18-12-16(25-2)9-10-19(18)27-21/h5-10,12,17H,3-4,11,13H2,1-2H3. The van der Waals surface area contributed by atoms with Gasteiger partial charge < -0.3 is 9.47 Å². The zero-order valence-electron chi connectivity index (χ0n) is 15.5. The number of nitrogens with zero attached hydrogens (tertiary/aromatic N) is 2. The Bertz CT molecular complexity index is 946. The molecule has 1 amide bonds. The quantitative estimate of drug-likeness (QED) is 0.655. The lowest BCUT2D eigenvalue weighted by atomic mass is 10.1. The van der Waals surface area contributed by atoms with Gasteiger partial charge in [0, 0.05) is 18.2 Å². The Balaban J connectivity index is 1.70. The van der Waals surface area contributed by atoms with Crippen molar-refractivity contribution in [1.29, 1.82) is 0 Å². The van der Waals surface area contributed by atoms with Crippen molar-refractivity contribution >= 4 is 32.6 Å². The summed E-state index contributed by atoms with van der Waals surface area (Å²) >= 11 is 1.52. The number of hydrogen-bond acceptors (Lipinski definition) is 5. The van der Waals surface area contributed by atoms with Gasteiger partial charge in [-0.25, -0.2) is 4.98 Å². The number of amides is 1. The minimum absolute atomic E-state index is 0.0449. The van der Waals surface area contributed by atoms with E-state index in [0.29, 0.717) is 17.2 Å². The summed E-state index contributed by atoms with van der Waals surface area (Å²) in [6.45, 7) is 3.29. The summed E-state index contributed by atoms with van der Waals surface area (Å²) in [5, 5.41) is 0.694. The molecule has 0 bridgehead atoms. The van der Waals surface area contributed by atoms with E-state index in [1.54, 1.807) is 12.0 Å². The van der Waals surface area contributed by atoms with E-state index in [1.165, 1.54) is 11.3 Å². The fourth-order valence-electron chi connectivity index (χ4n) is 3.23. The monoisotopic (exact) mass is 382 g/mol. The molecular formula is C21H22N2O3S. The molecule has 0 radical (unpaired) electrons. The Morgan fingerprint density at radius 1 is 1.30 bits per heavy atom. The van der Waals surface area contributed by atoms with Crippen LogP contribution in [0.3, 0.4) is 0 Å². The van der Waals surface area contributed by atoms with Crippen LogP contribution in [0, 0.1) is 6.92 Å². The summed E-state index contributed by atoms with van der Waals surface area (Å²) in [4.78, 5) is 19.7. The van der Waals surface area contributed by atoms with E-state index in [-0.39, 0.29) is 12.0 Å². The first-order chi connectivity index (χ1) is 13.1. The van der Waals surface area contributed by atoms with Gasteiger partial charge in [0.25, 0.3) is 5.91 Å². The Morgan fingerprint density at radius 2 is 2.11 bits per heavy atom. The van der Waals surface area contributed by atoms with E-state index < -0.39 is 0 Å². The normalized spacial score (nSPS) is 16.6. The van der Waals surface area contributed by atoms with Gasteiger partial charge in [-0.15, -0.1) is 0 Å². The number of benzene rings is 2. The second-order valence-corrected chi connectivity index (χ2v) is 7.76. The topological polar surface area (TPSA) is 51.7 Å². The molecule has 5 nitrogen and oxygen atoms in total. The Hall–Kier alpha value is -2.44. The number of hydrogen-bond donors (Lipinski definition) is 0. The predicted octanol–water partition coefficient (Wildman–Crippen LogP) is 4.44. The summed E-state index contributed by atoms with van der Waals surface area (Å²) in [7, 11) is 1.64. The van der Waals surface area contributed by atoms with E-state index in [1.807, 2.05) is 49.4 Å². The lowest BCUT2D eigenvalue weighted by Gasteiger charge is -2.23. The lowest BCUT2D eigenvalue weighted by molar-refractivity contribution is 0.0917. The molecule has 1 fully saturated rings. The maximum absolute atomic E-state index is 13.3. The van der Waals surface area contributed by atoms with Crippen molar-refractivity contribution in [3.05, 3.63) is 53.6 Å². The van der Waals surface area contributed by atoms with Gasteiger partial charge >= 0.3 is 0 Å². The van der Waals surface area contributed by atoms with Crippen LogP contribution in [-0.4, -0.2) is 37.3 Å². The molecule has 3 aromatic rings. The van der Waals surface area contributed by atoms with Gasteiger partial charge in [-0.1, -0.05) is 29.0 Å². The van der Waals surface area contributed by atoms with Crippen LogP contribution >= 0.6 is 11.3 Å². The molecule has 0 spiro atoms. The number of thiazole rings is 1. The van der Waals surface area contributed by atoms with Crippen LogP contribution in [0.2, 0.25) is 0 Å². The van der Waals surface area contributed by atoms with Gasteiger partial charge in [-0.3, -0.25) is 9.69 Å². The first-order valence-electron chi connectivity index (χ1n) is 9.09. The summed E-state index contributed by atoms with van der Waals surface area (Å²) in [5.74, 6) is 0.714. The van der Waals surface area contributed by atoms with Gasteiger partial charge in [0.05, 0.1) is 30.0 Å². The number of fused-ring (bicyclic) bond motifs is 1. The molecular weight excluding hydrogens is 360 g/mol. The van der Waals surface area contributed by atoms with Crippen molar-refractivity contribution in [2.45, 2.75) is 25.9 Å².